The summed E-state index contributed by atoms with van der Waals surface area (Å²) in [4.78, 5) is 27.4. The summed E-state index contributed by atoms with van der Waals surface area (Å²) in [6.07, 6.45) is 0.195. The van der Waals surface area contributed by atoms with Crippen molar-refractivity contribution in [2.45, 2.75) is 19.0 Å². The first-order valence-corrected chi connectivity index (χ1v) is 10.9. The van der Waals surface area contributed by atoms with Gasteiger partial charge in [0.1, 0.15) is 0 Å². The monoisotopic (exact) mass is 441 g/mol. The lowest BCUT2D eigenvalue weighted by atomic mass is 10.1. The zero-order chi connectivity index (χ0) is 21.3. The highest BCUT2D eigenvalue weighted by molar-refractivity contribution is 7.10. The van der Waals surface area contributed by atoms with E-state index in [0.717, 1.165) is 16.0 Å². The van der Waals surface area contributed by atoms with Gasteiger partial charge in [-0.15, -0.1) is 11.3 Å². The molecule has 2 aromatic carbocycles. The lowest BCUT2D eigenvalue weighted by Gasteiger charge is -2.20. The molecule has 3 aromatic rings. The van der Waals surface area contributed by atoms with E-state index in [9.17, 15) is 9.59 Å². The van der Waals surface area contributed by atoms with Gasteiger partial charge in [-0.2, -0.15) is 0 Å². The first-order chi connectivity index (χ1) is 14.5. The van der Waals surface area contributed by atoms with E-state index in [2.05, 4.69) is 10.6 Å². The van der Waals surface area contributed by atoms with Gasteiger partial charge in [-0.1, -0.05) is 60.1 Å². The summed E-state index contributed by atoms with van der Waals surface area (Å²) >= 11 is 7.57. The summed E-state index contributed by atoms with van der Waals surface area (Å²) in [6.45, 7) is 0.775. The van der Waals surface area contributed by atoms with Crippen LogP contribution < -0.4 is 10.6 Å². The molecular formula is C23H24ClN3O2S. The van der Waals surface area contributed by atoms with Crippen molar-refractivity contribution in [3.05, 3.63) is 93.1 Å². The van der Waals surface area contributed by atoms with Crippen molar-refractivity contribution in [3.8, 4) is 0 Å². The Kier molecular flexibility index (Phi) is 7.88. The highest BCUT2D eigenvalue weighted by Crippen LogP contribution is 2.27. The molecule has 30 heavy (non-hydrogen) atoms. The van der Waals surface area contributed by atoms with Crippen LogP contribution in [-0.4, -0.2) is 30.4 Å². The average molecular weight is 442 g/mol. The summed E-state index contributed by atoms with van der Waals surface area (Å²) < 4.78 is 0. The maximum Gasteiger partial charge on any atom is 0.317 e. The van der Waals surface area contributed by atoms with E-state index in [1.165, 1.54) is 0 Å². The molecule has 3 rings (SSSR count). The fraction of sp³-hybridized carbons (Fsp3) is 0.217. The Balaban J connectivity index is 1.51. The zero-order valence-electron chi connectivity index (χ0n) is 16.7. The Morgan fingerprint density at radius 2 is 1.77 bits per heavy atom. The molecule has 7 heteroatoms. The zero-order valence-corrected chi connectivity index (χ0v) is 18.2. The molecule has 1 atom stereocenters. The molecule has 0 aliphatic heterocycles. The first-order valence-electron chi connectivity index (χ1n) is 9.64. The smallest absolute Gasteiger partial charge is 0.317 e. The molecule has 1 heterocycles. The van der Waals surface area contributed by atoms with Crippen LogP contribution in [0.25, 0.3) is 0 Å². The number of rotatable bonds is 8. The third kappa shape index (κ3) is 6.34. The predicted octanol–water partition coefficient (Wildman–Crippen LogP) is 4.84. The van der Waals surface area contributed by atoms with Crippen molar-refractivity contribution in [2.75, 3.05) is 13.6 Å². The van der Waals surface area contributed by atoms with Gasteiger partial charge in [0.2, 0.25) is 5.91 Å². The van der Waals surface area contributed by atoms with Crippen LogP contribution in [0.3, 0.4) is 0 Å². The Hall–Kier alpha value is -2.83. The Morgan fingerprint density at radius 1 is 1.03 bits per heavy atom. The predicted molar refractivity (Wildman–Crippen MR) is 122 cm³/mol. The van der Waals surface area contributed by atoms with Crippen LogP contribution in [0.2, 0.25) is 5.02 Å². The van der Waals surface area contributed by atoms with Gasteiger partial charge in [0.05, 0.1) is 6.04 Å². The topological polar surface area (TPSA) is 61.4 Å². The van der Waals surface area contributed by atoms with Gasteiger partial charge < -0.3 is 15.5 Å². The van der Waals surface area contributed by atoms with Crippen molar-refractivity contribution in [1.29, 1.82) is 0 Å². The number of hydrogen-bond acceptors (Lipinski definition) is 3. The summed E-state index contributed by atoms with van der Waals surface area (Å²) in [6, 6.07) is 20.7. The molecule has 1 unspecified atom stereocenters. The van der Waals surface area contributed by atoms with Crippen LogP contribution in [0.5, 0.6) is 0 Å². The lowest BCUT2D eigenvalue weighted by Crippen LogP contribution is -2.39. The number of halogens is 1. The second-order valence-corrected chi connectivity index (χ2v) is 8.31. The van der Waals surface area contributed by atoms with E-state index in [1.807, 2.05) is 72.1 Å². The molecule has 0 aliphatic carbocycles. The Labute approximate surface area is 185 Å². The second-order valence-electron chi connectivity index (χ2n) is 6.89. The normalized spacial score (nSPS) is 11.5. The van der Waals surface area contributed by atoms with Crippen molar-refractivity contribution in [1.82, 2.24) is 15.5 Å². The third-order valence-corrected chi connectivity index (χ3v) is 5.76. The average Bonchev–Trinajstić information content (AvgIpc) is 3.28. The summed E-state index contributed by atoms with van der Waals surface area (Å²) in [5, 5.41) is 8.49. The largest absolute Gasteiger partial charge is 0.344 e. The van der Waals surface area contributed by atoms with Gasteiger partial charge in [0.15, 0.2) is 0 Å². The Morgan fingerprint density at radius 3 is 2.43 bits per heavy atom. The van der Waals surface area contributed by atoms with Gasteiger partial charge in [-0.3, -0.25) is 4.79 Å². The molecule has 0 bridgehead atoms. The fourth-order valence-electron chi connectivity index (χ4n) is 3.01. The molecule has 5 nitrogen and oxygen atoms in total. The summed E-state index contributed by atoms with van der Waals surface area (Å²) in [5.41, 5.74) is 2.01. The quantitative estimate of drug-likeness (QED) is 0.525. The minimum Gasteiger partial charge on any atom is -0.344 e. The van der Waals surface area contributed by atoms with Crippen LogP contribution in [0.4, 0.5) is 4.79 Å². The SMILES string of the molecule is CN(Cc1ccccc1)C(=O)NCCC(=O)NC(c1ccc(Cl)cc1)c1cccs1. The summed E-state index contributed by atoms with van der Waals surface area (Å²) in [5.74, 6) is -0.130. The van der Waals surface area contributed by atoms with Crippen LogP contribution in [-0.2, 0) is 11.3 Å². The van der Waals surface area contributed by atoms with Gasteiger partial charge in [0.25, 0.3) is 0 Å². The second kappa shape index (κ2) is 10.8. The van der Waals surface area contributed by atoms with Crippen LogP contribution >= 0.6 is 22.9 Å². The minimum atomic E-state index is -0.244. The van der Waals surface area contributed by atoms with Crippen LogP contribution in [0, 0.1) is 0 Å². The standard InChI is InChI=1S/C23H24ClN3O2S/c1-27(16-17-6-3-2-4-7-17)23(29)25-14-13-21(28)26-22(20-8-5-15-30-20)18-9-11-19(24)12-10-18/h2-12,15,22H,13-14,16H2,1H3,(H,25,29)(H,26,28). The number of hydrogen-bond donors (Lipinski definition) is 2. The fourth-order valence-corrected chi connectivity index (χ4v) is 3.94. The molecule has 0 fully saturated rings. The van der Waals surface area contributed by atoms with Crippen molar-refractivity contribution in [2.24, 2.45) is 0 Å². The number of carbonyl (C=O) groups is 2. The van der Waals surface area contributed by atoms with Crippen molar-refractivity contribution in [3.63, 3.8) is 0 Å². The number of urea groups is 1. The molecule has 0 aliphatic rings. The van der Waals surface area contributed by atoms with E-state index in [4.69, 9.17) is 11.6 Å². The van der Waals surface area contributed by atoms with E-state index in [1.54, 1.807) is 23.3 Å². The van der Waals surface area contributed by atoms with E-state index in [-0.39, 0.29) is 30.9 Å². The maximum atomic E-state index is 12.5. The maximum absolute atomic E-state index is 12.5. The number of amides is 3. The van der Waals surface area contributed by atoms with Crippen LogP contribution in [0.1, 0.15) is 28.5 Å². The minimum absolute atomic E-state index is 0.130. The molecule has 0 saturated heterocycles. The molecule has 0 saturated carbocycles. The highest BCUT2D eigenvalue weighted by Gasteiger charge is 2.18. The molecule has 156 valence electrons. The molecule has 1 aromatic heterocycles. The number of thiophene rings is 1. The highest BCUT2D eigenvalue weighted by atomic mass is 35.5. The van der Waals surface area contributed by atoms with Gasteiger partial charge in [0, 0.05) is 36.5 Å². The molecular weight excluding hydrogens is 418 g/mol. The summed E-state index contributed by atoms with van der Waals surface area (Å²) in [7, 11) is 1.73. The van der Waals surface area contributed by atoms with E-state index >= 15 is 0 Å². The molecule has 0 radical (unpaired) electrons. The number of nitrogens with one attached hydrogen (secondary N) is 2. The first kappa shape index (κ1) is 21.9. The van der Waals surface area contributed by atoms with Crippen LogP contribution in [0.15, 0.2) is 72.1 Å². The van der Waals surface area contributed by atoms with Crippen molar-refractivity contribution >= 4 is 34.9 Å². The van der Waals surface area contributed by atoms with Crippen molar-refractivity contribution < 1.29 is 9.59 Å². The van der Waals surface area contributed by atoms with Gasteiger partial charge in [-0.25, -0.2) is 4.79 Å². The third-order valence-electron chi connectivity index (χ3n) is 4.57. The van der Waals surface area contributed by atoms with E-state index < -0.39 is 0 Å². The van der Waals surface area contributed by atoms with Gasteiger partial charge in [-0.05, 0) is 34.7 Å². The van der Waals surface area contributed by atoms with Gasteiger partial charge >= 0.3 is 6.03 Å². The lowest BCUT2D eigenvalue weighted by molar-refractivity contribution is -0.121. The number of nitrogens with zero attached hydrogens (tertiary/aromatic N) is 1. The molecule has 2 N–H and O–H groups in total. The number of benzene rings is 2. The molecule has 3 amide bonds. The Bertz CT molecular complexity index is 946. The van der Waals surface area contributed by atoms with E-state index in [0.29, 0.717) is 11.6 Å². The number of carbonyl (C=O) groups excluding carboxylic acids is 2. The molecule has 0 spiro atoms.